The van der Waals surface area contributed by atoms with Gasteiger partial charge in [0.25, 0.3) is 5.56 Å². The van der Waals surface area contributed by atoms with Crippen LogP contribution in [0.1, 0.15) is 18.9 Å². The number of nitrogens with zero attached hydrogens (tertiary/aromatic N) is 1. The number of fused-ring (bicyclic) bond motifs is 1. The number of nitrogens with one attached hydrogen (secondary N) is 1. The van der Waals surface area contributed by atoms with Crippen LogP contribution in [-0.4, -0.2) is 21.9 Å². The SMILES string of the molecule is CCCc1c(O)nc(-c2cc(Br)c3c(c2)OCO3)[nH]c1=O. The maximum absolute atomic E-state index is 12.0. The molecule has 7 heteroatoms. The van der Waals surface area contributed by atoms with Crippen LogP contribution in [0.2, 0.25) is 0 Å². The van der Waals surface area contributed by atoms with Crippen LogP contribution < -0.4 is 15.0 Å². The molecule has 0 atom stereocenters. The van der Waals surface area contributed by atoms with E-state index in [9.17, 15) is 9.90 Å². The maximum atomic E-state index is 12.0. The van der Waals surface area contributed by atoms with E-state index in [-0.39, 0.29) is 24.1 Å². The molecule has 1 aromatic heterocycles. The minimum absolute atomic E-state index is 0.155. The van der Waals surface area contributed by atoms with Crippen molar-refractivity contribution in [2.75, 3.05) is 6.79 Å². The van der Waals surface area contributed by atoms with Crippen molar-refractivity contribution in [1.29, 1.82) is 0 Å². The van der Waals surface area contributed by atoms with Crippen molar-refractivity contribution in [2.45, 2.75) is 19.8 Å². The third-order valence-electron chi connectivity index (χ3n) is 3.19. The summed E-state index contributed by atoms with van der Waals surface area (Å²) in [5.74, 6) is 1.24. The zero-order valence-electron chi connectivity index (χ0n) is 11.3. The molecule has 0 radical (unpaired) electrons. The minimum atomic E-state index is -0.326. The summed E-state index contributed by atoms with van der Waals surface area (Å²) in [4.78, 5) is 18.8. The van der Waals surface area contributed by atoms with E-state index >= 15 is 0 Å². The molecule has 1 aliphatic heterocycles. The van der Waals surface area contributed by atoms with Crippen LogP contribution >= 0.6 is 15.9 Å². The zero-order valence-corrected chi connectivity index (χ0v) is 12.9. The van der Waals surface area contributed by atoms with Gasteiger partial charge >= 0.3 is 0 Å². The minimum Gasteiger partial charge on any atom is -0.493 e. The highest BCUT2D eigenvalue weighted by Crippen LogP contribution is 2.41. The van der Waals surface area contributed by atoms with E-state index in [1.165, 1.54) is 0 Å². The Morgan fingerprint density at radius 2 is 2.24 bits per heavy atom. The normalized spacial score (nSPS) is 12.7. The molecule has 3 rings (SSSR count). The number of aromatic nitrogens is 2. The number of rotatable bonds is 3. The number of halogens is 1. The summed E-state index contributed by atoms with van der Waals surface area (Å²) in [5.41, 5.74) is 0.607. The van der Waals surface area contributed by atoms with Crippen molar-refractivity contribution < 1.29 is 14.6 Å². The van der Waals surface area contributed by atoms with Gasteiger partial charge in [0.1, 0.15) is 5.82 Å². The van der Waals surface area contributed by atoms with Crippen LogP contribution in [0.5, 0.6) is 17.4 Å². The molecule has 110 valence electrons. The summed E-state index contributed by atoms with van der Waals surface area (Å²) in [6.45, 7) is 2.09. The lowest BCUT2D eigenvalue weighted by Gasteiger charge is -2.07. The van der Waals surface area contributed by atoms with Crippen LogP contribution in [0.3, 0.4) is 0 Å². The molecule has 2 heterocycles. The molecule has 2 N–H and O–H groups in total. The number of ether oxygens (including phenoxy) is 2. The van der Waals surface area contributed by atoms with E-state index in [0.29, 0.717) is 33.5 Å². The molecular formula is C14H13BrN2O4. The molecule has 1 aromatic carbocycles. The topological polar surface area (TPSA) is 84.4 Å². The van der Waals surface area contributed by atoms with E-state index in [1.54, 1.807) is 12.1 Å². The fourth-order valence-electron chi connectivity index (χ4n) is 2.20. The Kier molecular flexibility index (Phi) is 3.59. The molecule has 0 bridgehead atoms. The molecule has 0 amide bonds. The predicted molar refractivity (Wildman–Crippen MR) is 79.8 cm³/mol. The van der Waals surface area contributed by atoms with Gasteiger partial charge in [0, 0.05) is 5.56 Å². The van der Waals surface area contributed by atoms with Crippen molar-refractivity contribution >= 4 is 15.9 Å². The van der Waals surface area contributed by atoms with Crippen LogP contribution in [-0.2, 0) is 6.42 Å². The second-order valence-electron chi connectivity index (χ2n) is 4.66. The lowest BCUT2D eigenvalue weighted by atomic mass is 10.1. The Labute approximate surface area is 128 Å². The Hall–Kier alpha value is -2.02. The highest BCUT2D eigenvalue weighted by molar-refractivity contribution is 9.10. The quantitative estimate of drug-likeness (QED) is 0.886. The molecule has 0 fully saturated rings. The van der Waals surface area contributed by atoms with Gasteiger partial charge in [0.05, 0.1) is 10.0 Å². The van der Waals surface area contributed by atoms with Gasteiger partial charge in [-0.3, -0.25) is 4.79 Å². The first-order valence-electron chi connectivity index (χ1n) is 6.51. The average Bonchev–Trinajstić information content (AvgIpc) is 2.91. The van der Waals surface area contributed by atoms with Crippen molar-refractivity contribution in [3.8, 4) is 28.8 Å². The summed E-state index contributed by atoms with van der Waals surface area (Å²) in [6.07, 6.45) is 1.24. The number of hydrogen-bond acceptors (Lipinski definition) is 5. The fraction of sp³-hybridized carbons (Fsp3) is 0.286. The van der Waals surface area contributed by atoms with Gasteiger partial charge in [0.15, 0.2) is 11.5 Å². The Morgan fingerprint density at radius 1 is 1.43 bits per heavy atom. The molecule has 0 spiro atoms. The van der Waals surface area contributed by atoms with Gasteiger partial charge in [-0.15, -0.1) is 0 Å². The van der Waals surface area contributed by atoms with Crippen LogP contribution in [0.4, 0.5) is 0 Å². The van der Waals surface area contributed by atoms with Gasteiger partial charge in [-0.1, -0.05) is 13.3 Å². The van der Waals surface area contributed by atoms with Gasteiger partial charge in [0.2, 0.25) is 12.7 Å². The standard InChI is InChI=1S/C14H13BrN2O4/c1-2-3-8-13(18)16-12(17-14(8)19)7-4-9(15)11-10(5-7)20-6-21-11/h4-5H,2-3,6H2,1H3,(H2,16,17,18,19). The van der Waals surface area contributed by atoms with Crippen molar-refractivity contribution in [3.05, 3.63) is 32.5 Å². The molecule has 2 aromatic rings. The van der Waals surface area contributed by atoms with Crippen LogP contribution in [0.15, 0.2) is 21.4 Å². The van der Waals surface area contributed by atoms with E-state index in [0.717, 1.165) is 6.42 Å². The lowest BCUT2D eigenvalue weighted by molar-refractivity contribution is 0.173. The summed E-state index contributed by atoms with van der Waals surface area (Å²) in [7, 11) is 0. The summed E-state index contributed by atoms with van der Waals surface area (Å²) in [6, 6.07) is 3.47. The van der Waals surface area contributed by atoms with Crippen molar-refractivity contribution in [1.82, 2.24) is 9.97 Å². The second-order valence-corrected chi connectivity index (χ2v) is 5.51. The number of H-pyrrole nitrogens is 1. The molecule has 21 heavy (non-hydrogen) atoms. The van der Waals surface area contributed by atoms with Crippen molar-refractivity contribution in [2.24, 2.45) is 0 Å². The Morgan fingerprint density at radius 3 is 2.95 bits per heavy atom. The predicted octanol–water partition coefficient (Wildman–Crippen LogP) is 2.59. The van der Waals surface area contributed by atoms with Gasteiger partial charge in [-0.25, -0.2) is 0 Å². The highest BCUT2D eigenvalue weighted by atomic mass is 79.9. The number of benzene rings is 1. The Balaban J connectivity index is 2.09. The monoisotopic (exact) mass is 352 g/mol. The first-order chi connectivity index (χ1) is 10.1. The average molecular weight is 353 g/mol. The van der Waals surface area contributed by atoms with E-state index in [2.05, 4.69) is 25.9 Å². The molecule has 6 nitrogen and oxygen atoms in total. The second kappa shape index (κ2) is 5.40. The zero-order chi connectivity index (χ0) is 15.0. The van der Waals surface area contributed by atoms with Gasteiger partial charge in [-0.2, -0.15) is 4.98 Å². The molecule has 0 saturated carbocycles. The summed E-state index contributed by atoms with van der Waals surface area (Å²) in [5, 5.41) is 9.93. The highest BCUT2D eigenvalue weighted by Gasteiger charge is 2.20. The van der Waals surface area contributed by atoms with E-state index in [1.807, 2.05) is 6.92 Å². The van der Waals surface area contributed by atoms with E-state index < -0.39 is 0 Å². The molecular weight excluding hydrogens is 340 g/mol. The molecule has 0 unspecified atom stereocenters. The lowest BCUT2D eigenvalue weighted by Crippen LogP contribution is -2.15. The van der Waals surface area contributed by atoms with Gasteiger partial charge in [-0.05, 0) is 34.5 Å². The smallest absolute Gasteiger partial charge is 0.258 e. The fourth-order valence-corrected chi connectivity index (χ4v) is 2.76. The number of hydrogen-bond donors (Lipinski definition) is 2. The number of aromatic amines is 1. The van der Waals surface area contributed by atoms with E-state index in [4.69, 9.17) is 9.47 Å². The van der Waals surface area contributed by atoms with Crippen molar-refractivity contribution in [3.63, 3.8) is 0 Å². The first kappa shape index (κ1) is 13.9. The molecule has 0 saturated heterocycles. The molecule has 1 aliphatic rings. The Bertz CT molecular complexity index is 757. The molecule has 0 aliphatic carbocycles. The first-order valence-corrected chi connectivity index (χ1v) is 7.31. The van der Waals surface area contributed by atoms with Crippen LogP contribution in [0.25, 0.3) is 11.4 Å². The summed E-state index contributed by atoms with van der Waals surface area (Å²) >= 11 is 3.38. The number of aromatic hydroxyl groups is 1. The summed E-state index contributed by atoms with van der Waals surface area (Å²) < 4.78 is 11.3. The largest absolute Gasteiger partial charge is 0.493 e. The third-order valence-corrected chi connectivity index (χ3v) is 3.78. The third kappa shape index (κ3) is 2.49. The maximum Gasteiger partial charge on any atom is 0.258 e. The van der Waals surface area contributed by atoms with Gasteiger partial charge < -0.3 is 19.6 Å². The van der Waals surface area contributed by atoms with Crippen LogP contribution in [0, 0.1) is 0 Å².